The Bertz CT molecular complexity index is 431. The van der Waals surface area contributed by atoms with Crippen LogP contribution in [0.1, 0.15) is 37.7 Å². The molecule has 1 saturated carbocycles. The van der Waals surface area contributed by atoms with Gasteiger partial charge in [0, 0.05) is 31.2 Å². The highest BCUT2D eigenvalue weighted by atomic mass is 16.3. The first-order valence-electron chi connectivity index (χ1n) is 7.48. The van der Waals surface area contributed by atoms with Gasteiger partial charge in [0.25, 0.3) is 0 Å². The molecule has 19 heavy (non-hydrogen) atoms. The summed E-state index contributed by atoms with van der Waals surface area (Å²) in [4.78, 5) is 2.42. The first kappa shape index (κ1) is 12.9. The molecule has 2 aliphatic rings. The molecule has 0 spiro atoms. The van der Waals surface area contributed by atoms with Gasteiger partial charge in [-0.15, -0.1) is 0 Å². The van der Waals surface area contributed by atoms with Gasteiger partial charge in [-0.3, -0.25) is 0 Å². The van der Waals surface area contributed by atoms with Crippen molar-refractivity contribution in [1.29, 1.82) is 0 Å². The van der Waals surface area contributed by atoms with E-state index in [1.165, 1.54) is 30.5 Å². The van der Waals surface area contributed by atoms with Crippen molar-refractivity contribution in [1.82, 2.24) is 0 Å². The molecule has 0 amide bonds. The lowest BCUT2D eigenvalue weighted by atomic mass is 9.71. The van der Waals surface area contributed by atoms with E-state index in [-0.39, 0.29) is 5.60 Å². The number of hydrogen-bond donors (Lipinski definition) is 2. The first-order chi connectivity index (χ1) is 9.21. The molecule has 1 aromatic carbocycles. The lowest BCUT2D eigenvalue weighted by Gasteiger charge is -2.48. The lowest BCUT2D eigenvalue weighted by molar-refractivity contribution is -0.0612. The van der Waals surface area contributed by atoms with Crippen LogP contribution in [0, 0.1) is 5.92 Å². The van der Waals surface area contributed by atoms with Gasteiger partial charge in [0.05, 0.1) is 5.60 Å². The fraction of sp³-hybridized carbons (Fsp3) is 0.625. The van der Waals surface area contributed by atoms with Gasteiger partial charge in [-0.05, 0) is 37.0 Å². The standard InChI is InChI=1S/C16H24N2O/c17-11-13-4-6-15(7-5-13)18-10-9-16(19)8-2-1-3-14(16)12-18/h4-7,14,19H,1-3,8-12,17H2. The molecule has 1 saturated heterocycles. The maximum Gasteiger partial charge on any atom is 0.0709 e. The summed E-state index contributed by atoms with van der Waals surface area (Å²) in [5, 5.41) is 10.7. The summed E-state index contributed by atoms with van der Waals surface area (Å²) in [5.41, 5.74) is 7.70. The highest BCUT2D eigenvalue weighted by Crippen LogP contribution is 2.40. The fourth-order valence-electron chi connectivity index (χ4n) is 3.65. The molecule has 0 radical (unpaired) electrons. The highest BCUT2D eigenvalue weighted by Gasteiger charge is 2.42. The number of nitrogens with two attached hydrogens (primary N) is 1. The number of anilines is 1. The van der Waals surface area contributed by atoms with Gasteiger partial charge in [-0.2, -0.15) is 0 Å². The molecule has 1 aromatic rings. The Morgan fingerprint density at radius 2 is 2.00 bits per heavy atom. The molecule has 3 N–H and O–H groups in total. The number of hydrogen-bond acceptors (Lipinski definition) is 3. The Balaban J connectivity index is 1.73. The van der Waals surface area contributed by atoms with Crippen LogP contribution < -0.4 is 10.6 Å². The Hall–Kier alpha value is -1.06. The van der Waals surface area contributed by atoms with Crippen molar-refractivity contribution in [3.8, 4) is 0 Å². The van der Waals surface area contributed by atoms with Gasteiger partial charge < -0.3 is 15.7 Å². The minimum atomic E-state index is -0.383. The van der Waals surface area contributed by atoms with Crippen molar-refractivity contribution < 1.29 is 5.11 Å². The van der Waals surface area contributed by atoms with E-state index in [1.807, 2.05) is 0 Å². The van der Waals surface area contributed by atoms with Crippen molar-refractivity contribution in [3.05, 3.63) is 29.8 Å². The zero-order valence-corrected chi connectivity index (χ0v) is 11.5. The normalized spacial score (nSPS) is 31.1. The molecule has 0 aromatic heterocycles. The van der Waals surface area contributed by atoms with Crippen molar-refractivity contribution in [3.63, 3.8) is 0 Å². The molecule has 3 heteroatoms. The summed E-state index contributed by atoms with van der Waals surface area (Å²) in [6.45, 7) is 2.57. The van der Waals surface area contributed by atoms with Crippen LogP contribution in [0.2, 0.25) is 0 Å². The average molecular weight is 260 g/mol. The van der Waals surface area contributed by atoms with Crippen LogP contribution in [0.3, 0.4) is 0 Å². The molecule has 3 rings (SSSR count). The third kappa shape index (κ3) is 2.49. The summed E-state index contributed by atoms with van der Waals surface area (Å²) in [6, 6.07) is 8.54. The topological polar surface area (TPSA) is 49.5 Å². The molecular formula is C16H24N2O. The largest absolute Gasteiger partial charge is 0.389 e. The SMILES string of the molecule is NCc1ccc(N2CCC3(O)CCCCC3C2)cc1. The molecule has 0 bridgehead atoms. The maximum absolute atomic E-state index is 10.7. The zero-order chi connectivity index (χ0) is 13.3. The Morgan fingerprint density at radius 1 is 1.21 bits per heavy atom. The van der Waals surface area contributed by atoms with Crippen molar-refractivity contribution in [2.75, 3.05) is 18.0 Å². The number of piperidine rings is 1. The minimum absolute atomic E-state index is 0.383. The summed E-state index contributed by atoms with van der Waals surface area (Å²) in [7, 11) is 0. The number of fused-ring (bicyclic) bond motifs is 1. The number of aliphatic hydroxyl groups is 1. The smallest absolute Gasteiger partial charge is 0.0709 e. The third-order valence-corrected chi connectivity index (χ3v) is 4.96. The monoisotopic (exact) mass is 260 g/mol. The second-order valence-corrected chi connectivity index (χ2v) is 6.11. The summed E-state index contributed by atoms with van der Waals surface area (Å²) in [6.07, 6.45) is 5.55. The molecule has 2 unspecified atom stereocenters. The number of benzene rings is 1. The summed E-state index contributed by atoms with van der Waals surface area (Å²) < 4.78 is 0. The van der Waals surface area contributed by atoms with Gasteiger partial charge in [-0.1, -0.05) is 25.0 Å². The molecule has 1 heterocycles. The van der Waals surface area contributed by atoms with Gasteiger partial charge in [0.15, 0.2) is 0 Å². The molecule has 1 aliphatic carbocycles. The average Bonchev–Trinajstić information content (AvgIpc) is 2.46. The predicted octanol–water partition coefficient (Wildman–Crippen LogP) is 2.28. The van der Waals surface area contributed by atoms with E-state index in [4.69, 9.17) is 5.73 Å². The Morgan fingerprint density at radius 3 is 2.74 bits per heavy atom. The van der Waals surface area contributed by atoms with E-state index >= 15 is 0 Å². The first-order valence-corrected chi connectivity index (χ1v) is 7.48. The van der Waals surface area contributed by atoms with Crippen LogP contribution >= 0.6 is 0 Å². The van der Waals surface area contributed by atoms with E-state index in [2.05, 4.69) is 29.2 Å². The fourth-order valence-corrected chi connectivity index (χ4v) is 3.65. The van der Waals surface area contributed by atoms with Gasteiger partial charge in [-0.25, -0.2) is 0 Å². The van der Waals surface area contributed by atoms with Crippen LogP contribution in [0.25, 0.3) is 0 Å². The second-order valence-electron chi connectivity index (χ2n) is 6.11. The van der Waals surface area contributed by atoms with E-state index in [1.54, 1.807) is 0 Å². The molecule has 2 fully saturated rings. The molecular weight excluding hydrogens is 236 g/mol. The zero-order valence-electron chi connectivity index (χ0n) is 11.5. The van der Waals surface area contributed by atoms with Crippen LogP contribution in [0.5, 0.6) is 0 Å². The van der Waals surface area contributed by atoms with Crippen LogP contribution in [-0.2, 0) is 6.54 Å². The van der Waals surface area contributed by atoms with Gasteiger partial charge in [0.1, 0.15) is 0 Å². The Labute approximate surface area is 115 Å². The Kier molecular flexibility index (Phi) is 3.50. The van der Waals surface area contributed by atoms with Crippen LogP contribution in [0.4, 0.5) is 5.69 Å². The summed E-state index contributed by atoms with van der Waals surface area (Å²) in [5.74, 6) is 0.448. The van der Waals surface area contributed by atoms with Crippen molar-refractivity contribution >= 4 is 5.69 Å². The summed E-state index contributed by atoms with van der Waals surface area (Å²) >= 11 is 0. The van der Waals surface area contributed by atoms with E-state index in [0.717, 1.165) is 25.9 Å². The van der Waals surface area contributed by atoms with Crippen LogP contribution in [-0.4, -0.2) is 23.8 Å². The van der Waals surface area contributed by atoms with Gasteiger partial charge >= 0.3 is 0 Å². The van der Waals surface area contributed by atoms with Crippen LogP contribution in [0.15, 0.2) is 24.3 Å². The highest BCUT2D eigenvalue weighted by molar-refractivity contribution is 5.48. The lowest BCUT2D eigenvalue weighted by Crippen LogP contribution is -2.53. The second kappa shape index (κ2) is 5.14. The molecule has 2 atom stereocenters. The quantitative estimate of drug-likeness (QED) is 0.857. The number of nitrogens with zero attached hydrogens (tertiary/aromatic N) is 1. The maximum atomic E-state index is 10.7. The van der Waals surface area contributed by atoms with Gasteiger partial charge in [0.2, 0.25) is 0 Å². The van der Waals surface area contributed by atoms with E-state index < -0.39 is 0 Å². The van der Waals surface area contributed by atoms with E-state index in [0.29, 0.717) is 12.5 Å². The predicted molar refractivity (Wildman–Crippen MR) is 78.1 cm³/mol. The molecule has 1 aliphatic heterocycles. The molecule has 3 nitrogen and oxygen atoms in total. The van der Waals surface area contributed by atoms with Crippen molar-refractivity contribution in [2.45, 2.75) is 44.2 Å². The van der Waals surface area contributed by atoms with Crippen molar-refractivity contribution in [2.24, 2.45) is 11.7 Å². The number of rotatable bonds is 2. The third-order valence-electron chi connectivity index (χ3n) is 4.96. The minimum Gasteiger partial charge on any atom is -0.389 e. The molecule has 104 valence electrons. The van der Waals surface area contributed by atoms with E-state index in [9.17, 15) is 5.11 Å².